The lowest BCUT2D eigenvalue weighted by Crippen LogP contribution is -2.36. The molecule has 0 heterocycles. The summed E-state index contributed by atoms with van der Waals surface area (Å²) in [6.45, 7) is 3.17. The van der Waals surface area contributed by atoms with Gasteiger partial charge in [-0.3, -0.25) is 0 Å². The van der Waals surface area contributed by atoms with Crippen LogP contribution < -0.4 is 5.73 Å². The summed E-state index contributed by atoms with van der Waals surface area (Å²) < 4.78 is 14.9. The Morgan fingerprint density at radius 2 is 1.85 bits per heavy atom. The van der Waals surface area contributed by atoms with Crippen LogP contribution >= 0.6 is 15.9 Å². The molecule has 1 aromatic carbocycles. The van der Waals surface area contributed by atoms with Gasteiger partial charge in [-0.1, -0.05) is 28.1 Å². The van der Waals surface area contributed by atoms with Crippen molar-refractivity contribution in [3.8, 4) is 0 Å². The summed E-state index contributed by atoms with van der Waals surface area (Å²) in [5.41, 5.74) is 4.71. The minimum Gasteiger partial charge on any atom is -0.325 e. The molecule has 2 N–H and O–H groups in total. The minimum absolute atomic E-state index is 0.506. The minimum atomic E-state index is -1.46. The van der Waals surface area contributed by atoms with Crippen LogP contribution in [-0.2, 0) is 5.67 Å². The molecule has 1 nitrogen and oxygen atoms in total. The zero-order valence-electron chi connectivity index (χ0n) is 7.72. The molecule has 0 aliphatic carbocycles. The molecule has 0 bridgehead atoms. The maximum absolute atomic E-state index is 13.9. The zero-order chi connectivity index (χ0) is 10.1. The number of rotatable bonds is 2. The van der Waals surface area contributed by atoms with E-state index in [1.165, 1.54) is 6.92 Å². The molecule has 0 fully saturated rings. The van der Waals surface area contributed by atoms with Gasteiger partial charge in [0, 0.05) is 10.5 Å². The number of hydrogen-bond donors (Lipinski definition) is 1. The first-order chi connectivity index (χ1) is 5.94. The molecular weight excluding hydrogens is 233 g/mol. The van der Waals surface area contributed by atoms with Crippen molar-refractivity contribution in [1.29, 1.82) is 0 Å². The number of hydrogen-bond acceptors (Lipinski definition) is 1. The van der Waals surface area contributed by atoms with Crippen LogP contribution in [0.1, 0.15) is 19.4 Å². The highest BCUT2D eigenvalue weighted by Gasteiger charge is 2.30. The monoisotopic (exact) mass is 245 g/mol. The molecule has 13 heavy (non-hydrogen) atoms. The molecular formula is C10H13BrFN. The third-order valence-corrected chi connectivity index (χ3v) is 2.79. The van der Waals surface area contributed by atoms with Crippen LogP contribution in [0.25, 0.3) is 0 Å². The van der Waals surface area contributed by atoms with Crippen molar-refractivity contribution in [3.05, 3.63) is 34.3 Å². The van der Waals surface area contributed by atoms with Gasteiger partial charge in [0.15, 0.2) is 0 Å². The van der Waals surface area contributed by atoms with E-state index in [9.17, 15) is 4.39 Å². The lowest BCUT2D eigenvalue weighted by molar-refractivity contribution is 0.158. The Kier molecular flexibility index (Phi) is 3.09. The molecule has 0 amide bonds. The Morgan fingerprint density at radius 3 is 2.23 bits per heavy atom. The summed E-state index contributed by atoms with van der Waals surface area (Å²) in [6.07, 6.45) is 0. The van der Waals surface area contributed by atoms with E-state index in [0.29, 0.717) is 5.56 Å². The van der Waals surface area contributed by atoms with E-state index in [0.717, 1.165) is 4.47 Å². The topological polar surface area (TPSA) is 26.0 Å². The fraction of sp³-hybridized carbons (Fsp3) is 0.400. The first-order valence-electron chi connectivity index (χ1n) is 4.15. The zero-order valence-corrected chi connectivity index (χ0v) is 9.31. The van der Waals surface area contributed by atoms with Crippen LogP contribution in [0.5, 0.6) is 0 Å². The van der Waals surface area contributed by atoms with E-state index >= 15 is 0 Å². The first kappa shape index (κ1) is 10.7. The summed E-state index contributed by atoms with van der Waals surface area (Å²) in [5, 5.41) is 0. The van der Waals surface area contributed by atoms with Crippen LogP contribution in [0.15, 0.2) is 28.7 Å². The summed E-state index contributed by atoms with van der Waals surface area (Å²) >= 11 is 3.30. The van der Waals surface area contributed by atoms with Crippen LogP contribution in [-0.4, -0.2) is 6.04 Å². The Balaban J connectivity index is 3.01. The van der Waals surface area contributed by atoms with Crippen molar-refractivity contribution in [3.63, 3.8) is 0 Å². The molecule has 1 rings (SSSR count). The first-order valence-corrected chi connectivity index (χ1v) is 4.94. The number of benzene rings is 1. The molecule has 0 spiro atoms. The van der Waals surface area contributed by atoms with Crippen LogP contribution in [0.4, 0.5) is 4.39 Å². The van der Waals surface area contributed by atoms with Gasteiger partial charge in [0.2, 0.25) is 0 Å². The summed E-state index contributed by atoms with van der Waals surface area (Å²) in [6, 6.07) is 6.61. The molecule has 0 aliphatic rings. The normalized spacial score (nSPS) is 17.9. The predicted molar refractivity (Wildman–Crippen MR) is 56.3 cm³/mol. The summed E-state index contributed by atoms with van der Waals surface area (Å²) in [4.78, 5) is 0. The van der Waals surface area contributed by atoms with Crippen molar-refractivity contribution in [2.24, 2.45) is 5.73 Å². The van der Waals surface area contributed by atoms with Crippen LogP contribution in [0.3, 0.4) is 0 Å². The van der Waals surface area contributed by atoms with Crippen molar-refractivity contribution in [2.45, 2.75) is 25.6 Å². The SMILES string of the molecule is CC(N)C(C)(F)c1ccc(Br)cc1. The van der Waals surface area contributed by atoms with Gasteiger partial charge in [-0.05, 0) is 31.5 Å². The van der Waals surface area contributed by atoms with Gasteiger partial charge in [-0.2, -0.15) is 0 Å². The lowest BCUT2D eigenvalue weighted by atomic mass is 9.92. The number of nitrogens with two attached hydrogens (primary N) is 1. The highest BCUT2D eigenvalue weighted by atomic mass is 79.9. The third kappa shape index (κ3) is 2.29. The van der Waals surface area contributed by atoms with Gasteiger partial charge < -0.3 is 5.73 Å². The Morgan fingerprint density at radius 1 is 1.38 bits per heavy atom. The third-order valence-electron chi connectivity index (χ3n) is 2.26. The van der Waals surface area contributed by atoms with Gasteiger partial charge in [-0.25, -0.2) is 4.39 Å². The number of alkyl halides is 1. The Hall–Kier alpha value is -0.410. The molecule has 0 saturated heterocycles. The largest absolute Gasteiger partial charge is 0.325 e. The average Bonchev–Trinajstić information content (AvgIpc) is 2.04. The maximum atomic E-state index is 13.9. The van der Waals surface area contributed by atoms with E-state index in [1.54, 1.807) is 19.1 Å². The van der Waals surface area contributed by atoms with Crippen LogP contribution in [0.2, 0.25) is 0 Å². The van der Waals surface area contributed by atoms with Crippen molar-refractivity contribution in [1.82, 2.24) is 0 Å². The molecule has 0 saturated carbocycles. The van der Waals surface area contributed by atoms with Gasteiger partial charge in [0.05, 0.1) is 0 Å². The van der Waals surface area contributed by atoms with E-state index in [2.05, 4.69) is 15.9 Å². The highest BCUT2D eigenvalue weighted by molar-refractivity contribution is 9.10. The van der Waals surface area contributed by atoms with E-state index in [4.69, 9.17) is 5.73 Å². The molecule has 72 valence electrons. The fourth-order valence-corrected chi connectivity index (χ4v) is 1.30. The molecule has 2 unspecified atom stereocenters. The molecule has 3 heteroatoms. The van der Waals surface area contributed by atoms with Crippen molar-refractivity contribution in [2.75, 3.05) is 0 Å². The summed E-state index contributed by atoms with van der Waals surface area (Å²) in [7, 11) is 0. The van der Waals surface area contributed by atoms with Gasteiger partial charge in [0.1, 0.15) is 5.67 Å². The fourth-order valence-electron chi connectivity index (χ4n) is 1.04. The average molecular weight is 246 g/mol. The smallest absolute Gasteiger partial charge is 0.147 e. The predicted octanol–water partition coefficient (Wildman–Crippen LogP) is 2.98. The second kappa shape index (κ2) is 3.76. The van der Waals surface area contributed by atoms with Gasteiger partial charge in [-0.15, -0.1) is 0 Å². The Labute approximate surface area is 86.3 Å². The molecule has 2 atom stereocenters. The second-order valence-electron chi connectivity index (χ2n) is 3.37. The van der Waals surface area contributed by atoms with Gasteiger partial charge in [0.25, 0.3) is 0 Å². The lowest BCUT2D eigenvalue weighted by Gasteiger charge is -2.24. The molecule has 0 radical (unpaired) electrons. The van der Waals surface area contributed by atoms with Gasteiger partial charge >= 0.3 is 0 Å². The van der Waals surface area contributed by atoms with E-state index < -0.39 is 11.7 Å². The number of halogens is 2. The highest BCUT2D eigenvalue weighted by Crippen LogP contribution is 2.28. The van der Waals surface area contributed by atoms with E-state index in [-0.39, 0.29) is 0 Å². The Bertz CT molecular complexity index is 279. The maximum Gasteiger partial charge on any atom is 0.147 e. The quantitative estimate of drug-likeness (QED) is 0.852. The second-order valence-corrected chi connectivity index (χ2v) is 4.29. The molecule has 0 aliphatic heterocycles. The molecule has 0 aromatic heterocycles. The van der Waals surface area contributed by atoms with Crippen molar-refractivity contribution < 1.29 is 4.39 Å². The van der Waals surface area contributed by atoms with Crippen LogP contribution in [0, 0.1) is 0 Å². The standard InChI is InChI=1S/C10H13BrFN/c1-7(13)10(2,12)8-3-5-9(11)6-4-8/h3-7H,13H2,1-2H3. The molecule has 1 aromatic rings. The van der Waals surface area contributed by atoms with E-state index in [1.807, 2.05) is 12.1 Å². The van der Waals surface area contributed by atoms with Crippen molar-refractivity contribution >= 4 is 15.9 Å². The summed E-state index contributed by atoms with van der Waals surface area (Å²) in [5.74, 6) is 0.